The molecule has 3 rings (SSSR count). The molecule has 1 aromatic carbocycles. The van der Waals surface area contributed by atoms with Crippen LogP contribution in [-0.4, -0.2) is 37.7 Å². The van der Waals surface area contributed by atoms with Crippen molar-refractivity contribution < 1.29 is 9.90 Å². The van der Waals surface area contributed by atoms with Gasteiger partial charge in [-0.05, 0) is 24.3 Å². The van der Waals surface area contributed by atoms with Gasteiger partial charge >= 0.3 is 0 Å². The number of halogens is 2. The fourth-order valence-corrected chi connectivity index (χ4v) is 3.11. The van der Waals surface area contributed by atoms with E-state index in [-0.39, 0.29) is 23.9 Å². The highest BCUT2D eigenvalue weighted by atomic mass is 35.5. The van der Waals surface area contributed by atoms with Gasteiger partial charge in [-0.3, -0.25) is 14.9 Å². The predicted octanol–water partition coefficient (Wildman–Crippen LogP) is 2.37. The third-order valence-corrected chi connectivity index (χ3v) is 4.36. The zero-order valence-corrected chi connectivity index (χ0v) is 15.0. The second-order valence-corrected chi connectivity index (χ2v) is 6.52. The summed E-state index contributed by atoms with van der Waals surface area (Å²) in [4.78, 5) is 20.3. The SMILES string of the molecule is O=C(NCC(O)(Cc1nc[nH]n1)c1ccc(Cl)cc1Cl)c1cccnc1. The van der Waals surface area contributed by atoms with Gasteiger partial charge in [0.25, 0.3) is 5.91 Å². The molecule has 26 heavy (non-hydrogen) atoms. The third-order valence-electron chi connectivity index (χ3n) is 3.81. The molecule has 0 radical (unpaired) electrons. The van der Waals surface area contributed by atoms with Crippen molar-refractivity contribution >= 4 is 29.1 Å². The van der Waals surface area contributed by atoms with E-state index in [4.69, 9.17) is 23.2 Å². The Labute approximate surface area is 159 Å². The maximum absolute atomic E-state index is 12.3. The van der Waals surface area contributed by atoms with Gasteiger partial charge in [0.05, 0.1) is 12.1 Å². The number of hydrogen-bond donors (Lipinski definition) is 3. The standard InChI is InChI=1S/C17H15Cl2N5O2/c18-12-3-4-13(14(19)6-12)17(26,7-15-22-10-23-24-15)9-21-16(25)11-2-1-5-20-8-11/h1-6,8,10,26H,7,9H2,(H,21,25)(H,22,23,24). The fraction of sp³-hybridized carbons (Fsp3) is 0.176. The number of aromatic amines is 1. The molecular formula is C17H15Cl2N5O2. The molecule has 3 N–H and O–H groups in total. The lowest BCUT2D eigenvalue weighted by Crippen LogP contribution is -2.43. The summed E-state index contributed by atoms with van der Waals surface area (Å²) in [6.45, 7) is -0.101. The number of pyridine rings is 1. The Balaban J connectivity index is 1.86. The summed E-state index contributed by atoms with van der Waals surface area (Å²) in [6, 6.07) is 8.06. The van der Waals surface area contributed by atoms with Crippen LogP contribution in [-0.2, 0) is 12.0 Å². The molecule has 2 aromatic heterocycles. The van der Waals surface area contributed by atoms with E-state index in [2.05, 4.69) is 25.5 Å². The number of carbonyl (C=O) groups is 1. The zero-order chi connectivity index (χ0) is 18.6. The number of benzene rings is 1. The summed E-state index contributed by atoms with van der Waals surface area (Å²) in [5.74, 6) is 0.0192. The number of nitrogens with one attached hydrogen (secondary N) is 2. The second-order valence-electron chi connectivity index (χ2n) is 5.67. The van der Waals surface area contributed by atoms with Crippen LogP contribution in [0.5, 0.6) is 0 Å². The zero-order valence-electron chi connectivity index (χ0n) is 13.5. The molecule has 1 atom stereocenters. The number of carbonyl (C=O) groups excluding carboxylic acids is 1. The number of hydrogen-bond acceptors (Lipinski definition) is 5. The highest BCUT2D eigenvalue weighted by Crippen LogP contribution is 2.32. The van der Waals surface area contributed by atoms with Crippen molar-refractivity contribution in [3.8, 4) is 0 Å². The Hall–Kier alpha value is -2.48. The largest absolute Gasteiger partial charge is 0.383 e. The minimum absolute atomic E-state index is 0.0468. The smallest absolute Gasteiger partial charge is 0.252 e. The molecule has 0 spiro atoms. The van der Waals surface area contributed by atoms with Gasteiger partial charge in [0.15, 0.2) is 5.82 Å². The van der Waals surface area contributed by atoms with E-state index in [0.717, 1.165) is 0 Å². The molecule has 0 bridgehead atoms. The summed E-state index contributed by atoms with van der Waals surface area (Å²) in [5.41, 5.74) is -0.725. The minimum atomic E-state index is -1.53. The van der Waals surface area contributed by atoms with Gasteiger partial charge in [-0.2, -0.15) is 5.10 Å². The van der Waals surface area contributed by atoms with Crippen LogP contribution >= 0.6 is 23.2 Å². The van der Waals surface area contributed by atoms with Crippen molar-refractivity contribution in [3.63, 3.8) is 0 Å². The van der Waals surface area contributed by atoms with Crippen LogP contribution in [0.3, 0.4) is 0 Å². The van der Waals surface area contributed by atoms with Crippen molar-refractivity contribution in [2.24, 2.45) is 0 Å². The Bertz CT molecular complexity index is 889. The average Bonchev–Trinajstić information content (AvgIpc) is 3.13. The Morgan fingerprint density at radius 3 is 2.81 bits per heavy atom. The number of aliphatic hydroxyl groups is 1. The minimum Gasteiger partial charge on any atom is -0.383 e. The number of H-pyrrole nitrogens is 1. The molecule has 0 saturated heterocycles. The van der Waals surface area contributed by atoms with Crippen molar-refractivity contribution in [1.82, 2.24) is 25.5 Å². The van der Waals surface area contributed by atoms with E-state index in [1.54, 1.807) is 30.5 Å². The summed E-state index contributed by atoms with van der Waals surface area (Å²) in [6.07, 6.45) is 4.47. The number of nitrogens with zero attached hydrogens (tertiary/aromatic N) is 3. The molecule has 0 saturated carbocycles. The molecule has 134 valence electrons. The summed E-state index contributed by atoms with van der Waals surface area (Å²) in [7, 11) is 0. The Morgan fingerprint density at radius 1 is 1.31 bits per heavy atom. The normalized spacial score (nSPS) is 13.2. The maximum atomic E-state index is 12.3. The highest BCUT2D eigenvalue weighted by Gasteiger charge is 2.34. The van der Waals surface area contributed by atoms with Crippen LogP contribution < -0.4 is 5.32 Å². The fourth-order valence-electron chi connectivity index (χ4n) is 2.53. The van der Waals surface area contributed by atoms with Gasteiger partial charge in [-0.15, -0.1) is 0 Å². The van der Waals surface area contributed by atoms with E-state index < -0.39 is 5.60 Å². The monoisotopic (exact) mass is 391 g/mol. The lowest BCUT2D eigenvalue weighted by atomic mass is 9.89. The molecule has 0 aliphatic rings. The van der Waals surface area contributed by atoms with Crippen LogP contribution in [0, 0.1) is 0 Å². The predicted molar refractivity (Wildman–Crippen MR) is 97.0 cm³/mol. The first-order valence-electron chi connectivity index (χ1n) is 7.69. The lowest BCUT2D eigenvalue weighted by molar-refractivity contribution is 0.0336. The summed E-state index contributed by atoms with van der Waals surface area (Å²) >= 11 is 12.2. The van der Waals surface area contributed by atoms with Crippen LogP contribution in [0.25, 0.3) is 0 Å². The van der Waals surface area contributed by atoms with Gasteiger partial charge < -0.3 is 10.4 Å². The van der Waals surface area contributed by atoms with Crippen LogP contribution in [0.15, 0.2) is 49.1 Å². The van der Waals surface area contributed by atoms with Gasteiger partial charge in [0.1, 0.15) is 11.9 Å². The number of rotatable bonds is 6. The van der Waals surface area contributed by atoms with Crippen LogP contribution in [0.4, 0.5) is 0 Å². The first-order chi connectivity index (χ1) is 12.5. The van der Waals surface area contributed by atoms with Gasteiger partial charge in [0.2, 0.25) is 0 Å². The molecule has 7 nitrogen and oxygen atoms in total. The van der Waals surface area contributed by atoms with Crippen LogP contribution in [0.1, 0.15) is 21.7 Å². The summed E-state index contributed by atoms with van der Waals surface area (Å²) in [5, 5.41) is 21.3. The number of aromatic nitrogens is 4. The topological polar surface area (TPSA) is 104 Å². The van der Waals surface area contributed by atoms with Crippen molar-refractivity contribution in [1.29, 1.82) is 0 Å². The van der Waals surface area contributed by atoms with Crippen molar-refractivity contribution in [2.75, 3.05) is 6.54 Å². The first kappa shape index (κ1) is 18.3. The lowest BCUT2D eigenvalue weighted by Gasteiger charge is -2.29. The molecule has 2 heterocycles. The van der Waals surface area contributed by atoms with E-state index in [1.165, 1.54) is 18.6 Å². The molecule has 0 aliphatic carbocycles. The van der Waals surface area contributed by atoms with Crippen LogP contribution in [0.2, 0.25) is 10.0 Å². The van der Waals surface area contributed by atoms with Gasteiger partial charge in [-0.1, -0.05) is 29.3 Å². The average molecular weight is 392 g/mol. The van der Waals surface area contributed by atoms with Crippen molar-refractivity contribution in [3.05, 3.63) is 76.0 Å². The maximum Gasteiger partial charge on any atom is 0.252 e. The van der Waals surface area contributed by atoms with Crippen molar-refractivity contribution in [2.45, 2.75) is 12.0 Å². The molecule has 1 amide bonds. The molecule has 9 heteroatoms. The number of amides is 1. The van der Waals surface area contributed by atoms with E-state index >= 15 is 0 Å². The van der Waals surface area contributed by atoms with E-state index in [0.29, 0.717) is 22.0 Å². The third kappa shape index (κ3) is 4.19. The molecule has 3 aromatic rings. The summed E-state index contributed by atoms with van der Waals surface area (Å²) < 4.78 is 0. The highest BCUT2D eigenvalue weighted by molar-refractivity contribution is 6.35. The molecule has 1 unspecified atom stereocenters. The second kappa shape index (κ2) is 7.82. The quantitative estimate of drug-likeness (QED) is 0.598. The first-order valence-corrected chi connectivity index (χ1v) is 8.44. The molecule has 0 aliphatic heterocycles. The van der Waals surface area contributed by atoms with E-state index in [1.807, 2.05) is 0 Å². The Morgan fingerprint density at radius 2 is 2.15 bits per heavy atom. The molecular weight excluding hydrogens is 377 g/mol. The molecule has 0 fully saturated rings. The van der Waals surface area contributed by atoms with Gasteiger partial charge in [0, 0.05) is 34.4 Å². The Kier molecular flexibility index (Phi) is 5.51. The van der Waals surface area contributed by atoms with Gasteiger partial charge in [-0.25, -0.2) is 4.98 Å². The van der Waals surface area contributed by atoms with E-state index in [9.17, 15) is 9.90 Å².